The van der Waals surface area contributed by atoms with Gasteiger partial charge in [0.15, 0.2) is 0 Å². The molecule has 96 valence electrons. The number of aliphatic hydroxyl groups excluding tert-OH is 1. The van der Waals surface area contributed by atoms with Gasteiger partial charge in [-0.25, -0.2) is 0 Å². The highest BCUT2D eigenvalue weighted by atomic mass is 32.2. The van der Waals surface area contributed by atoms with Crippen molar-refractivity contribution in [1.82, 2.24) is 5.32 Å². The number of aliphatic hydroxyl groups is 1. The van der Waals surface area contributed by atoms with Crippen molar-refractivity contribution in [3.8, 4) is 6.07 Å². The molecule has 1 aromatic rings. The van der Waals surface area contributed by atoms with Gasteiger partial charge < -0.3 is 10.4 Å². The SMILES string of the molecule is CC(O)CNC(=O)CSCc1ccc(C#N)cc1. The third kappa shape index (κ3) is 5.71. The Bertz CT molecular complexity index is 424. The summed E-state index contributed by atoms with van der Waals surface area (Å²) in [5.41, 5.74) is 1.72. The maximum atomic E-state index is 11.4. The van der Waals surface area contributed by atoms with Crippen LogP contribution in [0.4, 0.5) is 0 Å². The van der Waals surface area contributed by atoms with Crippen molar-refractivity contribution < 1.29 is 9.90 Å². The van der Waals surface area contributed by atoms with Crippen molar-refractivity contribution in [1.29, 1.82) is 5.26 Å². The topological polar surface area (TPSA) is 73.1 Å². The largest absolute Gasteiger partial charge is 0.392 e. The van der Waals surface area contributed by atoms with Gasteiger partial charge in [-0.05, 0) is 24.6 Å². The lowest BCUT2D eigenvalue weighted by Crippen LogP contribution is -2.31. The van der Waals surface area contributed by atoms with Gasteiger partial charge in [0, 0.05) is 12.3 Å². The molecule has 0 fully saturated rings. The van der Waals surface area contributed by atoms with E-state index in [1.165, 1.54) is 11.8 Å². The molecule has 0 aromatic heterocycles. The minimum atomic E-state index is -0.516. The first-order valence-electron chi connectivity index (χ1n) is 5.63. The van der Waals surface area contributed by atoms with Gasteiger partial charge in [-0.3, -0.25) is 4.79 Å². The predicted octanol–water partition coefficient (Wildman–Crippen LogP) is 1.29. The highest BCUT2D eigenvalue weighted by Gasteiger charge is 2.03. The van der Waals surface area contributed by atoms with Crippen LogP contribution < -0.4 is 5.32 Å². The monoisotopic (exact) mass is 264 g/mol. The van der Waals surface area contributed by atoms with Crippen LogP contribution in [0.5, 0.6) is 0 Å². The molecule has 0 saturated heterocycles. The van der Waals surface area contributed by atoms with E-state index in [1.54, 1.807) is 19.1 Å². The van der Waals surface area contributed by atoms with E-state index in [4.69, 9.17) is 10.4 Å². The van der Waals surface area contributed by atoms with E-state index in [9.17, 15) is 4.79 Å². The molecule has 0 bridgehead atoms. The first-order valence-corrected chi connectivity index (χ1v) is 6.79. The van der Waals surface area contributed by atoms with Crippen LogP contribution in [0.25, 0.3) is 0 Å². The molecule has 0 aliphatic carbocycles. The zero-order valence-electron chi connectivity index (χ0n) is 10.2. The average Bonchev–Trinajstić information content (AvgIpc) is 2.37. The van der Waals surface area contributed by atoms with Crippen molar-refractivity contribution in [2.45, 2.75) is 18.8 Å². The molecule has 0 heterocycles. The van der Waals surface area contributed by atoms with Crippen molar-refractivity contribution >= 4 is 17.7 Å². The molecule has 4 nitrogen and oxygen atoms in total. The first-order chi connectivity index (χ1) is 8.61. The zero-order valence-corrected chi connectivity index (χ0v) is 11.0. The Balaban J connectivity index is 2.24. The van der Waals surface area contributed by atoms with Gasteiger partial charge in [-0.2, -0.15) is 5.26 Å². The highest BCUT2D eigenvalue weighted by molar-refractivity contribution is 7.99. The first kappa shape index (κ1) is 14.6. The number of amides is 1. The Morgan fingerprint density at radius 2 is 2.17 bits per heavy atom. The summed E-state index contributed by atoms with van der Waals surface area (Å²) in [6.45, 7) is 1.92. The number of nitrogens with zero attached hydrogens (tertiary/aromatic N) is 1. The van der Waals surface area contributed by atoms with Crippen LogP contribution >= 0.6 is 11.8 Å². The molecular formula is C13H16N2O2S. The maximum Gasteiger partial charge on any atom is 0.230 e. The third-order valence-corrected chi connectivity index (χ3v) is 3.18. The fourth-order valence-electron chi connectivity index (χ4n) is 1.25. The molecule has 2 N–H and O–H groups in total. The van der Waals surface area contributed by atoms with Gasteiger partial charge in [0.25, 0.3) is 0 Å². The summed E-state index contributed by atoms with van der Waals surface area (Å²) in [6, 6.07) is 9.37. The fraction of sp³-hybridized carbons (Fsp3) is 0.385. The minimum absolute atomic E-state index is 0.0745. The molecule has 0 aliphatic heterocycles. The predicted molar refractivity (Wildman–Crippen MR) is 72.0 cm³/mol. The standard InChI is InChI=1S/C13H16N2O2S/c1-10(16)7-15-13(17)9-18-8-12-4-2-11(6-14)3-5-12/h2-5,10,16H,7-9H2,1H3,(H,15,17). The molecule has 1 amide bonds. The maximum absolute atomic E-state index is 11.4. The molecule has 0 saturated carbocycles. The quantitative estimate of drug-likeness (QED) is 0.812. The van der Waals surface area contributed by atoms with E-state index in [0.717, 1.165) is 11.3 Å². The number of thioether (sulfide) groups is 1. The van der Waals surface area contributed by atoms with Gasteiger partial charge >= 0.3 is 0 Å². The third-order valence-electron chi connectivity index (χ3n) is 2.18. The smallest absolute Gasteiger partial charge is 0.230 e. The minimum Gasteiger partial charge on any atom is -0.392 e. The molecule has 1 aromatic carbocycles. The molecule has 1 unspecified atom stereocenters. The Morgan fingerprint density at radius 1 is 1.50 bits per heavy atom. The summed E-state index contributed by atoms with van der Waals surface area (Å²) >= 11 is 1.50. The highest BCUT2D eigenvalue weighted by Crippen LogP contribution is 2.12. The number of nitrogens with one attached hydrogen (secondary N) is 1. The fourth-order valence-corrected chi connectivity index (χ4v) is 2.07. The van der Waals surface area contributed by atoms with E-state index in [1.807, 2.05) is 12.1 Å². The van der Waals surface area contributed by atoms with Gasteiger partial charge in [-0.1, -0.05) is 12.1 Å². The summed E-state index contributed by atoms with van der Waals surface area (Å²) in [6.07, 6.45) is -0.516. The lowest BCUT2D eigenvalue weighted by molar-refractivity contribution is -0.118. The van der Waals surface area contributed by atoms with Crippen LogP contribution in [0, 0.1) is 11.3 Å². The second-order valence-corrected chi connectivity index (χ2v) is 4.94. The number of benzene rings is 1. The lowest BCUT2D eigenvalue weighted by atomic mass is 10.2. The second kappa shape index (κ2) is 7.75. The van der Waals surface area contributed by atoms with E-state index in [2.05, 4.69) is 11.4 Å². The molecular weight excluding hydrogens is 248 g/mol. The number of hydrogen-bond acceptors (Lipinski definition) is 4. The molecule has 0 aliphatic rings. The van der Waals surface area contributed by atoms with Gasteiger partial charge in [0.2, 0.25) is 5.91 Å². The summed E-state index contributed by atoms with van der Waals surface area (Å²) in [5.74, 6) is 1.02. The lowest BCUT2D eigenvalue weighted by Gasteiger charge is -2.06. The van der Waals surface area contributed by atoms with Crippen LogP contribution in [-0.4, -0.2) is 29.4 Å². The van der Waals surface area contributed by atoms with Crippen molar-refractivity contribution in [2.75, 3.05) is 12.3 Å². The van der Waals surface area contributed by atoms with E-state index in [0.29, 0.717) is 11.3 Å². The average molecular weight is 264 g/mol. The van der Waals surface area contributed by atoms with Gasteiger partial charge in [0.1, 0.15) is 0 Å². The number of carbonyl (C=O) groups excluding carboxylic acids is 1. The molecule has 1 rings (SSSR count). The normalized spacial score (nSPS) is 11.6. The van der Waals surface area contributed by atoms with Crippen LogP contribution in [-0.2, 0) is 10.5 Å². The molecule has 0 radical (unpaired) electrons. The summed E-state index contributed by atoms with van der Waals surface area (Å²) in [7, 11) is 0. The molecule has 0 spiro atoms. The number of rotatable bonds is 6. The summed E-state index contributed by atoms with van der Waals surface area (Å²) < 4.78 is 0. The number of nitriles is 1. The molecule has 18 heavy (non-hydrogen) atoms. The number of hydrogen-bond donors (Lipinski definition) is 2. The Morgan fingerprint density at radius 3 is 2.72 bits per heavy atom. The summed E-state index contributed by atoms with van der Waals surface area (Å²) in [5, 5.41) is 20.3. The van der Waals surface area contributed by atoms with E-state index < -0.39 is 6.10 Å². The van der Waals surface area contributed by atoms with Crippen molar-refractivity contribution in [2.24, 2.45) is 0 Å². The zero-order chi connectivity index (χ0) is 13.4. The van der Waals surface area contributed by atoms with Crippen molar-refractivity contribution in [3.05, 3.63) is 35.4 Å². The van der Waals surface area contributed by atoms with Crippen molar-refractivity contribution in [3.63, 3.8) is 0 Å². The van der Waals surface area contributed by atoms with Crippen LogP contribution in [0.2, 0.25) is 0 Å². The molecule has 5 heteroatoms. The van der Waals surface area contributed by atoms with Crippen LogP contribution in [0.15, 0.2) is 24.3 Å². The van der Waals surface area contributed by atoms with E-state index >= 15 is 0 Å². The van der Waals surface area contributed by atoms with Gasteiger partial charge in [0.05, 0.1) is 23.5 Å². The summed E-state index contributed by atoms with van der Waals surface area (Å²) in [4.78, 5) is 11.4. The van der Waals surface area contributed by atoms with Crippen LogP contribution in [0.3, 0.4) is 0 Å². The number of carbonyl (C=O) groups is 1. The Labute approximate surface area is 111 Å². The molecule has 1 atom stereocenters. The Kier molecular flexibility index (Phi) is 6.26. The van der Waals surface area contributed by atoms with Crippen LogP contribution in [0.1, 0.15) is 18.1 Å². The Hall–Kier alpha value is -1.51. The van der Waals surface area contributed by atoms with E-state index in [-0.39, 0.29) is 12.5 Å². The second-order valence-electron chi connectivity index (χ2n) is 3.95. The van der Waals surface area contributed by atoms with Gasteiger partial charge in [-0.15, -0.1) is 11.8 Å².